The van der Waals surface area contributed by atoms with Gasteiger partial charge in [0.1, 0.15) is 11.6 Å². The molecule has 9 nitrogen and oxygen atoms in total. The zero-order valence-electron chi connectivity index (χ0n) is 24.0. The second-order valence-corrected chi connectivity index (χ2v) is 13.4. The molecular formula is C29H35F2N6O3S+. The molecule has 0 spiro atoms. The fourth-order valence-corrected chi connectivity index (χ4v) is 6.78. The molecule has 3 aliphatic rings. The van der Waals surface area contributed by atoms with Crippen LogP contribution in [0.2, 0.25) is 0 Å². The maximum absolute atomic E-state index is 15.3. The zero-order valence-corrected chi connectivity index (χ0v) is 24.8. The van der Waals surface area contributed by atoms with Crippen molar-refractivity contribution in [3.8, 4) is 0 Å². The SMILES string of the molecule is CN(C)C(NCC1CNC2=C3C(=CN(c4ccc(F)cc4F)C31)C=C(CS(C)(=O)=O)c1ccn(C)c(=O)c12)=[N+](C)C. The fraction of sp³-hybridized carbons (Fsp3) is 0.379. The number of nitrogens with zero attached hydrogens (tertiary/aromatic N) is 4. The van der Waals surface area contributed by atoms with E-state index in [-0.39, 0.29) is 22.9 Å². The minimum Gasteiger partial charge on any atom is -0.384 e. The number of hydrogen-bond donors (Lipinski definition) is 2. The summed E-state index contributed by atoms with van der Waals surface area (Å²) in [5.74, 6) is -0.903. The summed E-state index contributed by atoms with van der Waals surface area (Å²) in [6.45, 7) is 0.949. The molecule has 5 rings (SSSR count). The third-order valence-corrected chi connectivity index (χ3v) is 8.45. The first kappa shape index (κ1) is 28.6. The highest BCUT2D eigenvalue weighted by atomic mass is 32.2. The summed E-state index contributed by atoms with van der Waals surface area (Å²) in [5, 5.41) is 6.98. The molecule has 2 unspecified atom stereocenters. The van der Waals surface area contributed by atoms with Gasteiger partial charge >= 0.3 is 5.96 Å². The summed E-state index contributed by atoms with van der Waals surface area (Å²) < 4.78 is 57.6. The Labute approximate surface area is 238 Å². The van der Waals surface area contributed by atoms with Crippen LogP contribution in [0.4, 0.5) is 14.5 Å². The van der Waals surface area contributed by atoms with Gasteiger partial charge in [0.15, 0.2) is 9.84 Å². The number of anilines is 1. The molecule has 3 heterocycles. The smallest absolute Gasteiger partial charge is 0.347 e. The molecule has 41 heavy (non-hydrogen) atoms. The highest BCUT2D eigenvalue weighted by Gasteiger charge is 2.44. The molecule has 1 aliphatic carbocycles. The van der Waals surface area contributed by atoms with Gasteiger partial charge in [-0.1, -0.05) is 0 Å². The number of sulfone groups is 1. The Kier molecular flexibility index (Phi) is 7.31. The average Bonchev–Trinajstić information content (AvgIpc) is 3.17. The first-order valence-corrected chi connectivity index (χ1v) is 15.3. The van der Waals surface area contributed by atoms with E-state index in [9.17, 15) is 17.6 Å². The van der Waals surface area contributed by atoms with Gasteiger partial charge in [0.25, 0.3) is 5.56 Å². The predicted octanol–water partition coefficient (Wildman–Crippen LogP) is 1.59. The minimum absolute atomic E-state index is 0.122. The number of halogens is 2. The molecule has 0 saturated heterocycles. The molecule has 218 valence electrons. The van der Waals surface area contributed by atoms with Gasteiger partial charge in [-0.25, -0.2) is 17.2 Å². The maximum Gasteiger partial charge on any atom is 0.347 e. The summed E-state index contributed by atoms with van der Waals surface area (Å²) in [7, 11) is 5.93. The van der Waals surface area contributed by atoms with Gasteiger partial charge in [-0.05, 0) is 41.0 Å². The van der Waals surface area contributed by atoms with Crippen LogP contribution in [-0.2, 0) is 16.9 Å². The molecule has 2 aliphatic heterocycles. The topological polar surface area (TPSA) is 89.7 Å². The number of aryl methyl sites for hydroxylation is 1. The Balaban J connectivity index is 1.73. The van der Waals surface area contributed by atoms with E-state index in [0.717, 1.165) is 23.9 Å². The van der Waals surface area contributed by atoms with E-state index in [1.165, 1.54) is 16.7 Å². The molecule has 1 aromatic heterocycles. The lowest BCUT2D eigenvalue weighted by Crippen LogP contribution is -2.52. The van der Waals surface area contributed by atoms with Crippen LogP contribution in [-0.4, -0.2) is 87.8 Å². The van der Waals surface area contributed by atoms with Gasteiger partial charge in [0, 0.05) is 49.8 Å². The van der Waals surface area contributed by atoms with Crippen molar-refractivity contribution in [2.45, 2.75) is 6.04 Å². The second kappa shape index (κ2) is 10.5. The molecule has 2 N–H and O–H groups in total. The van der Waals surface area contributed by atoms with Crippen molar-refractivity contribution in [2.24, 2.45) is 13.0 Å². The monoisotopic (exact) mass is 585 g/mol. The van der Waals surface area contributed by atoms with Gasteiger partial charge in [-0.3, -0.25) is 19.6 Å². The summed E-state index contributed by atoms with van der Waals surface area (Å²) in [6.07, 6.45) is 6.34. The van der Waals surface area contributed by atoms with Crippen LogP contribution in [0, 0.1) is 17.6 Å². The van der Waals surface area contributed by atoms with Crippen molar-refractivity contribution in [1.82, 2.24) is 20.1 Å². The van der Waals surface area contributed by atoms with Crippen molar-refractivity contribution < 1.29 is 21.8 Å². The first-order valence-electron chi connectivity index (χ1n) is 13.2. The molecule has 0 fully saturated rings. The minimum atomic E-state index is -3.46. The highest BCUT2D eigenvalue weighted by molar-refractivity contribution is 7.91. The average molecular weight is 586 g/mol. The number of benzene rings is 1. The Hall–Kier alpha value is -3.93. The number of pyridine rings is 1. The largest absolute Gasteiger partial charge is 0.384 e. The van der Waals surface area contributed by atoms with E-state index in [1.54, 1.807) is 36.5 Å². The molecule has 0 radical (unpaired) electrons. The molecule has 0 amide bonds. The van der Waals surface area contributed by atoms with Crippen molar-refractivity contribution in [3.63, 3.8) is 0 Å². The lowest BCUT2D eigenvalue weighted by molar-refractivity contribution is -0.472. The van der Waals surface area contributed by atoms with E-state index < -0.39 is 27.5 Å². The van der Waals surface area contributed by atoms with E-state index in [1.807, 2.05) is 37.7 Å². The highest BCUT2D eigenvalue weighted by Crippen LogP contribution is 2.46. The van der Waals surface area contributed by atoms with Crippen LogP contribution in [0.3, 0.4) is 0 Å². The van der Waals surface area contributed by atoms with Crippen LogP contribution >= 0.6 is 0 Å². The third kappa shape index (κ3) is 5.28. The van der Waals surface area contributed by atoms with Crippen LogP contribution in [0.1, 0.15) is 11.1 Å². The first-order chi connectivity index (χ1) is 19.3. The number of guanidine groups is 1. The molecular weight excluding hydrogens is 550 g/mol. The zero-order chi connectivity index (χ0) is 29.8. The predicted molar refractivity (Wildman–Crippen MR) is 157 cm³/mol. The molecule has 0 saturated carbocycles. The number of aromatic nitrogens is 1. The second-order valence-electron chi connectivity index (χ2n) is 11.2. The van der Waals surface area contributed by atoms with Gasteiger partial charge in [-0.15, -0.1) is 0 Å². The van der Waals surface area contributed by atoms with Crippen molar-refractivity contribution >= 4 is 32.8 Å². The summed E-state index contributed by atoms with van der Waals surface area (Å²) in [4.78, 5) is 17.3. The fourth-order valence-electron chi connectivity index (χ4n) is 5.98. The standard InChI is InChI=1S/C29H34F2N6O3S/c1-34(2)29(35(3)4)33-14-19-13-32-26-24-17(15-37(27(19)24)23-8-7-20(30)12-22(23)31)11-18(16-41(6,39)40)21-9-10-36(5)28(38)25(21)26/h7-12,15,19,27,32H,13-14,16H2,1-6H3/p+1. The van der Waals surface area contributed by atoms with E-state index >= 15 is 4.39 Å². The molecule has 1 aromatic carbocycles. The Morgan fingerprint density at radius 2 is 1.95 bits per heavy atom. The quantitative estimate of drug-likeness (QED) is 0.313. The van der Waals surface area contributed by atoms with Crippen LogP contribution < -0.4 is 21.1 Å². The maximum atomic E-state index is 15.3. The number of nitrogens with one attached hydrogen (secondary N) is 2. The van der Waals surface area contributed by atoms with Crippen LogP contribution in [0.15, 0.2) is 58.7 Å². The van der Waals surface area contributed by atoms with Gasteiger partial charge in [0.05, 0.1) is 63.5 Å². The van der Waals surface area contributed by atoms with Crippen molar-refractivity contribution in [1.29, 1.82) is 0 Å². The number of hydrogen-bond acceptors (Lipinski definition) is 5. The Morgan fingerprint density at radius 1 is 1.22 bits per heavy atom. The van der Waals surface area contributed by atoms with E-state index in [2.05, 4.69) is 10.6 Å². The lowest BCUT2D eigenvalue weighted by Gasteiger charge is -2.38. The summed E-state index contributed by atoms with van der Waals surface area (Å²) in [5.41, 5.74) is 3.39. The Bertz CT molecular complexity index is 1720. The number of allylic oxidation sites excluding steroid dienone is 1. The van der Waals surface area contributed by atoms with Crippen LogP contribution in [0.5, 0.6) is 0 Å². The van der Waals surface area contributed by atoms with Gasteiger partial charge < -0.3 is 14.8 Å². The number of rotatable bonds is 5. The van der Waals surface area contributed by atoms with E-state index in [0.29, 0.717) is 41.1 Å². The van der Waals surface area contributed by atoms with Gasteiger partial charge in [-0.2, -0.15) is 0 Å². The summed E-state index contributed by atoms with van der Waals surface area (Å²) >= 11 is 0. The van der Waals surface area contributed by atoms with Crippen molar-refractivity contribution in [3.05, 3.63) is 87.0 Å². The van der Waals surface area contributed by atoms with Crippen molar-refractivity contribution in [2.75, 3.05) is 58.2 Å². The Morgan fingerprint density at radius 3 is 2.59 bits per heavy atom. The molecule has 0 bridgehead atoms. The molecule has 2 atom stereocenters. The number of fused-ring (bicyclic) bond motifs is 2. The van der Waals surface area contributed by atoms with Crippen LogP contribution in [0.25, 0.3) is 11.3 Å². The normalized spacial score (nSPS) is 19.5. The molecule has 2 aromatic rings. The van der Waals surface area contributed by atoms with Gasteiger partial charge in [0.2, 0.25) is 0 Å². The lowest BCUT2D eigenvalue weighted by atomic mass is 9.84. The third-order valence-electron chi connectivity index (χ3n) is 7.61. The van der Waals surface area contributed by atoms with E-state index in [4.69, 9.17) is 0 Å². The summed E-state index contributed by atoms with van der Waals surface area (Å²) in [6, 6.07) is 4.82. The molecule has 12 heteroatoms.